The van der Waals surface area contributed by atoms with Crippen LogP contribution in [0.3, 0.4) is 0 Å². The first-order valence-electron chi connectivity index (χ1n) is 6.78. The highest BCUT2D eigenvalue weighted by molar-refractivity contribution is 6.33. The summed E-state index contributed by atoms with van der Waals surface area (Å²) in [6.07, 6.45) is 0.787. The van der Waals surface area contributed by atoms with Gasteiger partial charge in [0.2, 0.25) is 0 Å². The van der Waals surface area contributed by atoms with Gasteiger partial charge in [0.15, 0.2) is 0 Å². The molecule has 0 aliphatic heterocycles. The highest BCUT2D eigenvalue weighted by Crippen LogP contribution is 2.28. The molecule has 0 aliphatic carbocycles. The Balaban J connectivity index is 2.35. The van der Waals surface area contributed by atoms with Crippen molar-refractivity contribution in [2.24, 2.45) is 0 Å². The summed E-state index contributed by atoms with van der Waals surface area (Å²) in [7, 11) is 0. The summed E-state index contributed by atoms with van der Waals surface area (Å²) in [6.45, 7) is 6.92. The normalized spacial score (nSPS) is 10.4. The molecule has 1 aromatic carbocycles. The molecule has 0 spiro atoms. The van der Waals surface area contributed by atoms with Gasteiger partial charge in [0.1, 0.15) is 17.5 Å². The first kappa shape index (κ1) is 14.6. The van der Waals surface area contributed by atoms with Crippen LogP contribution in [-0.2, 0) is 6.42 Å². The van der Waals surface area contributed by atoms with E-state index in [4.69, 9.17) is 11.6 Å². The van der Waals surface area contributed by atoms with Crippen LogP contribution >= 0.6 is 11.6 Å². The summed E-state index contributed by atoms with van der Waals surface area (Å²) >= 11 is 6.23. The van der Waals surface area contributed by atoms with Crippen LogP contribution in [0.15, 0.2) is 24.3 Å². The maximum absolute atomic E-state index is 6.23. The number of para-hydroxylation sites is 1. The molecule has 1 heterocycles. The molecule has 1 aromatic heterocycles. The van der Waals surface area contributed by atoms with E-state index < -0.39 is 0 Å². The lowest BCUT2D eigenvalue weighted by atomic mass is 10.2. The molecule has 2 aromatic rings. The summed E-state index contributed by atoms with van der Waals surface area (Å²) in [6, 6.07) is 7.71. The maximum Gasteiger partial charge on any atom is 0.136 e. The number of nitrogens with one attached hydrogen (secondary N) is 2. The summed E-state index contributed by atoms with van der Waals surface area (Å²) in [4.78, 5) is 8.92. The Morgan fingerprint density at radius 1 is 1.15 bits per heavy atom. The zero-order chi connectivity index (χ0) is 14.5. The van der Waals surface area contributed by atoms with Gasteiger partial charge in [0.05, 0.1) is 10.7 Å². The minimum absolute atomic E-state index is 0.687. The van der Waals surface area contributed by atoms with E-state index in [1.54, 1.807) is 0 Å². The van der Waals surface area contributed by atoms with Crippen molar-refractivity contribution < 1.29 is 0 Å². The number of hydrogen-bond acceptors (Lipinski definition) is 4. The number of anilines is 3. The van der Waals surface area contributed by atoms with E-state index in [-0.39, 0.29) is 0 Å². The molecule has 0 amide bonds. The number of nitrogens with zero attached hydrogens (tertiary/aromatic N) is 2. The van der Waals surface area contributed by atoms with E-state index in [0.717, 1.165) is 41.7 Å². The maximum atomic E-state index is 6.23. The molecule has 0 bridgehead atoms. The standard InChI is InChI=1S/C15H19ClN4/c1-4-12-18-13(17-5-2)9-14(19-12)20-15-10(3)7-6-8-11(15)16/h6-9H,4-5H2,1-3H3,(H2,17,18,19,20). The van der Waals surface area contributed by atoms with Gasteiger partial charge in [-0.05, 0) is 25.5 Å². The molecule has 2 rings (SSSR count). The lowest BCUT2D eigenvalue weighted by Gasteiger charge is -2.13. The van der Waals surface area contributed by atoms with Crippen LogP contribution in [-0.4, -0.2) is 16.5 Å². The van der Waals surface area contributed by atoms with Crippen molar-refractivity contribution in [3.05, 3.63) is 40.7 Å². The summed E-state index contributed by atoms with van der Waals surface area (Å²) in [5.41, 5.74) is 1.97. The van der Waals surface area contributed by atoms with E-state index in [9.17, 15) is 0 Å². The highest BCUT2D eigenvalue weighted by atomic mass is 35.5. The van der Waals surface area contributed by atoms with Crippen molar-refractivity contribution in [2.75, 3.05) is 17.2 Å². The van der Waals surface area contributed by atoms with Gasteiger partial charge in [-0.1, -0.05) is 30.7 Å². The van der Waals surface area contributed by atoms with Gasteiger partial charge in [-0.15, -0.1) is 0 Å². The largest absolute Gasteiger partial charge is 0.370 e. The quantitative estimate of drug-likeness (QED) is 0.867. The Labute approximate surface area is 124 Å². The number of hydrogen-bond donors (Lipinski definition) is 2. The van der Waals surface area contributed by atoms with Gasteiger partial charge in [0, 0.05) is 19.0 Å². The second-order valence-corrected chi connectivity index (χ2v) is 4.90. The minimum Gasteiger partial charge on any atom is -0.370 e. The molecule has 0 radical (unpaired) electrons. The van der Waals surface area contributed by atoms with E-state index in [1.807, 2.05) is 45.0 Å². The first-order chi connectivity index (χ1) is 9.63. The van der Waals surface area contributed by atoms with Crippen molar-refractivity contribution in [2.45, 2.75) is 27.2 Å². The average molecular weight is 291 g/mol. The Morgan fingerprint density at radius 2 is 1.90 bits per heavy atom. The fraction of sp³-hybridized carbons (Fsp3) is 0.333. The molecule has 0 saturated carbocycles. The van der Waals surface area contributed by atoms with E-state index in [2.05, 4.69) is 20.6 Å². The number of halogens is 1. The average Bonchev–Trinajstić information content (AvgIpc) is 2.43. The minimum atomic E-state index is 0.687. The topological polar surface area (TPSA) is 49.8 Å². The molecule has 0 atom stereocenters. The molecular formula is C15H19ClN4. The van der Waals surface area contributed by atoms with Crippen molar-refractivity contribution in [1.29, 1.82) is 0 Å². The first-order valence-corrected chi connectivity index (χ1v) is 7.15. The second-order valence-electron chi connectivity index (χ2n) is 4.50. The fourth-order valence-electron chi connectivity index (χ4n) is 1.91. The van der Waals surface area contributed by atoms with Crippen LogP contribution in [0.1, 0.15) is 25.2 Å². The lowest BCUT2D eigenvalue weighted by molar-refractivity contribution is 0.939. The van der Waals surface area contributed by atoms with Gasteiger partial charge in [-0.25, -0.2) is 9.97 Å². The van der Waals surface area contributed by atoms with Crippen LogP contribution < -0.4 is 10.6 Å². The predicted octanol–water partition coefficient (Wildman–Crippen LogP) is 4.18. The predicted molar refractivity (Wildman–Crippen MR) is 85.0 cm³/mol. The Bertz CT molecular complexity index is 578. The van der Waals surface area contributed by atoms with Gasteiger partial charge >= 0.3 is 0 Å². The van der Waals surface area contributed by atoms with Crippen molar-refractivity contribution in [3.63, 3.8) is 0 Å². The third kappa shape index (κ3) is 3.39. The summed E-state index contributed by atoms with van der Waals surface area (Å²) < 4.78 is 0. The molecular weight excluding hydrogens is 272 g/mol. The highest BCUT2D eigenvalue weighted by Gasteiger charge is 2.07. The number of aryl methyl sites for hydroxylation is 2. The number of benzene rings is 1. The van der Waals surface area contributed by atoms with Crippen LogP contribution in [0.25, 0.3) is 0 Å². The number of aromatic nitrogens is 2. The van der Waals surface area contributed by atoms with Gasteiger partial charge in [-0.2, -0.15) is 0 Å². The van der Waals surface area contributed by atoms with Gasteiger partial charge in [0.25, 0.3) is 0 Å². The van der Waals surface area contributed by atoms with Crippen LogP contribution in [0, 0.1) is 6.92 Å². The van der Waals surface area contributed by atoms with E-state index in [1.165, 1.54) is 0 Å². The third-order valence-electron chi connectivity index (χ3n) is 2.92. The second kappa shape index (κ2) is 6.57. The van der Waals surface area contributed by atoms with Crippen LogP contribution in [0.5, 0.6) is 0 Å². The van der Waals surface area contributed by atoms with E-state index in [0.29, 0.717) is 5.02 Å². The van der Waals surface area contributed by atoms with Gasteiger partial charge < -0.3 is 10.6 Å². The zero-order valence-corrected chi connectivity index (χ0v) is 12.8. The van der Waals surface area contributed by atoms with Gasteiger partial charge in [-0.3, -0.25) is 0 Å². The van der Waals surface area contributed by atoms with Crippen LogP contribution in [0.2, 0.25) is 5.02 Å². The molecule has 0 unspecified atom stereocenters. The molecule has 4 nitrogen and oxygen atoms in total. The zero-order valence-electron chi connectivity index (χ0n) is 12.0. The Kier molecular flexibility index (Phi) is 4.79. The monoisotopic (exact) mass is 290 g/mol. The summed E-state index contributed by atoms with van der Waals surface area (Å²) in [5.74, 6) is 2.38. The molecule has 0 saturated heterocycles. The van der Waals surface area contributed by atoms with E-state index >= 15 is 0 Å². The molecule has 106 valence electrons. The molecule has 5 heteroatoms. The molecule has 20 heavy (non-hydrogen) atoms. The van der Waals surface area contributed by atoms with Crippen molar-refractivity contribution >= 4 is 28.9 Å². The molecule has 0 aliphatic rings. The smallest absolute Gasteiger partial charge is 0.136 e. The lowest BCUT2D eigenvalue weighted by Crippen LogP contribution is -2.06. The molecule has 2 N–H and O–H groups in total. The SMILES string of the molecule is CCNc1cc(Nc2c(C)cccc2Cl)nc(CC)n1. The third-order valence-corrected chi connectivity index (χ3v) is 3.24. The number of rotatable bonds is 5. The summed E-state index contributed by atoms with van der Waals surface area (Å²) in [5, 5.41) is 7.19. The fourth-order valence-corrected chi connectivity index (χ4v) is 2.18. The van der Waals surface area contributed by atoms with Crippen LogP contribution in [0.4, 0.5) is 17.3 Å². The Hall–Kier alpha value is -1.81. The molecule has 0 fully saturated rings. The van der Waals surface area contributed by atoms with Crippen molar-refractivity contribution in [3.8, 4) is 0 Å². The van der Waals surface area contributed by atoms with Crippen molar-refractivity contribution in [1.82, 2.24) is 9.97 Å². The Morgan fingerprint density at radius 3 is 2.55 bits per heavy atom.